The van der Waals surface area contributed by atoms with Crippen LogP contribution in [0.4, 0.5) is 5.82 Å². The van der Waals surface area contributed by atoms with E-state index >= 15 is 0 Å². The van der Waals surface area contributed by atoms with Crippen molar-refractivity contribution < 1.29 is 0 Å². The third-order valence-corrected chi connectivity index (χ3v) is 3.48. The third kappa shape index (κ3) is 3.33. The third-order valence-electron chi connectivity index (χ3n) is 3.20. The Morgan fingerprint density at radius 1 is 1.28 bits per heavy atom. The van der Waals surface area contributed by atoms with E-state index in [1.54, 1.807) is 6.20 Å². The van der Waals surface area contributed by atoms with Gasteiger partial charge in [-0.15, -0.1) is 0 Å². The van der Waals surface area contributed by atoms with Crippen LogP contribution in [-0.4, -0.2) is 27.1 Å². The Hall–Kier alpha value is -0.870. The summed E-state index contributed by atoms with van der Waals surface area (Å²) in [4.78, 5) is 8.09. The van der Waals surface area contributed by atoms with Crippen LogP contribution < -0.4 is 10.6 Å². The molecule has 2 rings (SSSR count). The molecule has 1 fully saturated rings. The smallest absolute Gasteiger partial charge is 0.148 e. The fourth-order valence-electron chi connectivity index (χ4n) is 3.04. The highest BCUT2D eigenvalue weighted by Crippen LogP contribution is 2.31. The van der Waals surface area contributed by atoms with Gasteiger partial charge in [0, 0.05) is 17.1 Å². The Bertz CT molecular complexity index is 415. The molecule has 2 heterocycles. The number of aromatic nitrogens is 2. The maximum Gasteiger partial charge on any atom is 0.148 e. The number of anilines is 1. The molecule has 0 aromatic carbocycles. The van der Waals surface area contributed by atoms with Crippen molar-refractivity contribution in [1.29, 1.82) is 0 Å². The second-order valence-electron chi connectivity index (χ2n) is 6.36. The van der Waals surface area contributed by atoms with Crippen LogP contribution in [0.25, 0.3) is 0 Å². The van der Waals surface area contributed by atoms with Gasteiger partial charge in [0.05, 0.1) is 6.20 Å². The predicted octanol–water partition coefficient (Wildman–Crippen LogP) is 2.85. The first-order valence-corrected chi connectivity index (χ1v) is 6.67. The molecular weight excluding hydrogens is 248 g/mol. The van der Waals surface area contributed by atoms with Crippen LogP contribution in [-0.2, 0) is 0 Å². The maximum atomic E-state index is 6.08. The summed E-state index contributed by atoms with van der Waals surface area (Å²) in [5, 5.41) is 7.67. The molecule has 1 saturated heterocycles. The zero-order valence-corrected chi connectivity index (χ0v) is 12.2. The minimum absolute atomic E-state index is 0.110. The Balaban J connectivity index is 2.12. The molecule has 0 bridgehead atoms. The quantitative estimate of drug-likeness (QED) is 0.866. The number of hydrogen-bond donors (Lipinski definition) is 2. The molecule has 0 atom stereocenters. The summed E-state index contributed by atoms with van der Waals surface area (Å²) >= 11 is 6.08. The van der Waals surface area contributed by atoms with Gasteiger partial charge in [-0.2, -0.15) is 0 Å². The van der Waals surface area contributed by atoms with E-state index in [0.29, 0.717) is 11.1 Å². The molecule has 1 aromatic rings. The van der Waals surface area contributed by atoms with Gasteiger partial charge < -0.3 is 10.6 Å². The zero-order valence-electron chi connectivity index (χ0n) is 11.4. The van der Waals surface area contributed by atoms with E-state index in [1.807, 2.05) is 0 Å². The molecule has 100 valence electrons. The van der Waals surface area contributed by atoms with Crippen molar-refractivity contribution in [3.63, 3.8) is 0 Å². The van der Waals surface area contributed by atoms with Gasteiger partial charge in [0.1, 0.15) is 17.2 Å². The first-order chi connectivity index (χ1) is 8.27. The zero-order chi connectivity index (χ0) is 13.4. The largest absolute Gasteiger partial charge is 0.366 e. The molecule has 0 aliphatic carbocycles. The monoisotopic (exact) mass is 268 g/mol. The Kier molecular flexibility index (Phi) is 3.52. The minimum Gasteiger partial charge on any atom is -0.366 e. The van der Waals surface area contributed by atoms with Crippen LogP contribution in [0.1, 0.15) is 40.5 Å². The summed E-state index contributed by atoms with van der Waals surface area (Å²) in [6.07, 6.45) is 5.22. The lowest BCUT2D eigenvalue weighted by Gasteiger charge is -2.46. The number of halogens is 1. The van der Waals surface area contributed by atoms with Crippen molar-refractivity contribution in [2.75, 3.05) is 5.32 Å². The van der Waals surface area contributed by atoms with Crippen LogP contribution in [0.15, 0.2) is 12.5 Å². The summed E-state index contributed by atoms with van der Waals surface area (Å²) in [7, 11) is 0. The highest BCUT2D eigenvalue weighted by Gasteiger charge is 2.37. The van der Waals surface area contributed by atoms with E-state index in [9.17, 15) is 0 Å². The molecule has 0 spiro atoms. The van der Waals surface area contributed by atoms with Crippen LogP contribution in [0.2, 0.25) is 5.02 Å². The summed E-state index contributed by atoms with van der Waals surface area (Å²) < 4.78 is 0. The van der Waals surface area contributed by atoms with Gasteiger partial charge in [0.2, 0.25) is 0 Å². The molecule has 0 saturated carbocycles. The number of nitrogens with zero attached hydrogens (tertiary/aromatic N) is 2. The molecule has 0 amide bonds. The second kappa shape index (κ2) is 4.67. The van der Waals surface area contributed by atoms with Crippen LogP contribution in [0.5, 0.6) is 0 Å². The Morgan fingerprint density at radius 3 is 2.44 bits per heavy atom. The van der Waals surface area contributed by atoms with Gasteiger partial charge in [-0.1, -0.05) is 11.6 Å². The van der Waals surface area contributed by atoms with Crippen LogP contribution in [0, 0.1) is 0 Å². The Morgan fingerprint density at radius 2 is 1.89 bits per heavy atom. The lowest BCUT2D eigenvalue weighted by molar-refractivity contribution is 0.170. The summed E-state index contributed by atoms with van der Waals surface area (Å²) in [5.41, 5.74) is 0.220. The van der Waals surface area contributed by atoms with Crippen molar-refractivity contribution >= 4 is 17.4 Å². The average Bonchev–Trinajstić information content (AvgIpc) is 2.16. The van der Waals surface area contributed by atoms with Gasteiger partial charge in [-0.3, -0.25) is 0 Å². The summed E-state index contributed by atoms with van der Waals surface area (Å²) in [6, 6.07) is 0.364. The molecule has 5 heteroatoms. The molecular formula is C13H21ClN4. The lowest BCUT2D eigenvalue weighted by Crippen LogP contribution is -2.60. The van der Waals surface area contributed by atoms with Gasteiger partial charge in [-0.05, 0) is 40.5 Å². The van der Waals surface area contributed by atoms with Gasteiger partial charge in [0.15, 0.2) is 0 Å². The number of nitrogens with one attached hydrogen (secondary N) is 2. The summed E-state index contributed by atoms with van der Waals surface area (Å²) in [5.74, 6) is 0.727. The average molecular weight is 269 g/mol. The highest BCUT2D eigenvalue weighted by molar-refractivity contribution is 6.32. The Labute approximate surface area is 114 Å². The molecule has 1 aliphatic rings. The second-order valence-corrected chi connectivity index (χ2v) is 6.77. The van der Waals surface area contributed by atoms with Gasteiger partial charge in [0.25, 0.3) is 0 Å². The van der Waals surface area contributed by atoms with Crippen molar-refractivity contribution in [3.05, 3.63) is 17.5 Å². The molecule has 1 aliphatic heterocycles. The maximum absolute atomic E-state index is 6.08. The van der Waals surface area contributed by atoms with E-state index < -0.39 is 0 Å². The molecule has 18 heavy (non-hydrogen) atoms. The number of rotatable bonds is 2. The number of piperidine rings is 1. The molecule has 4 nitrogen and oxygen atoms in total. The van der Waals surface area contributed by atoms with Crippen molar-refractivity contribution in [1.82, 2.24) is 15.3 Å². The van der Waals surface area contributed by atoms with E-state index in [1.165, 1.54) is 6.33 Å². The van der Waals surface area contributed by atoms with Gasteiger partial charge >= 0.3 is 0 Å². The highest BCUT2D eigenvalue weighted by atomic mass is 35.5. The van der Waals surface area contributed by atoms with E-state index in [0.717, 1.165) is 18.7 Å². The minimum atomic E-state index is 0.110. The standard InChI is InChI=1S/C13H21ClN4/c1-12(2)5-9(6-13(3,4)18-12)17-11-10(14)7-15-8-16-11/h7-9,18H,5-6H2,1-4H3,(H,15,16,17). The van der Waals surface area contributed by atoms with Crippen LogP contribution in [0.3, 0.4) is 0 Å². The normalized spacial score (nSPS) is 22.7. The molecule has 0 unspecified atom stereocenters. The molecule has 2 N–H and O–H groups in total. The lowest BCUT2D eigenvalue weighted by atomic mass is 9.79. The predicted molar refractivity (Wildman–Crippen MR) is 75.0 cm³/mol. The number of hydrogen-bond acceptors (Lipinski definition) is 4. The first kappa shape index (κ1) is 13.6. The first-order valence-electron chi connectivity index (χ1n) is 6.29. The fourth-order valence-corrected chi connectivity index (χ4v) is 3.20. The SMILES string of the molecule is CC1(C)CC(Nc2ncncc2Cl)CC(C)(C)N1. The van der Waals surface area contributed by atoms with Crippen molar-refractivity contribution in [3.8, 4) is 0 Å². The van der Waals surface area contributed by atoms with Crippen LogP contribution >= 0.6 is 11.6 Å². The van der Waals surface area contributed by atoms with Crippen molar-refractivity contribution in [2.45, 2.75) is 57.7 Å². The topological polar surface area (TPSA) is 49.8 Å². The molecule has 1 aromatic heterocycles. The van der Waals surface area contributed by atoms with E-state index in [2.05, 4.69) is 48.3 Å². The summed E-state index contributed by atoms with van der Waals surface area (Å²) in [6.45, 7) is 8.91. The van der Waals surface area contributed by atoms with E-state index in [-0.39, 0.29) is 11.1 Å². The van der Waals surface area contributed by atoms with E-state index in [4.69, 9.17) is 11.6 Å². The molecule has 0 radical (unpaired) electrons. The fraction of sp³-hybridized carbons (Fsp3) is 0.692. The van der Waals surface area contributed by atoms with Gasteiger partial charge in [-0.25, -0.2) is 9.97 Å². The van der Waals surface area contributed by atoms with Crippen molar-refractivity contribution in [2.24, 2.45) is 0 Å².